The minimum absolute atomic E-state index is 0.284. The number of para-hydroxylation sites is 1. The lowest BCUT2D eigenvalue weighted by molar-refractivity contribution is 0.0997. The summed E-state index contributed by atoms with van der Waals surface area (Å²) in [6.07, 6.45) is 11.1. The summed E-state index contributed by atoms with van der Waals surface area (Å²) in [5, 5.41) is 4.56. The minimum atomic E-state index is -0.326. The number of allylic oxidation sites excluding steroid dienone is 2. The van der Waals surface area contributed by atoms with E-state index in [1.54, 1.807) is 23.9 Å². The van der Waals surface area contributed by atoms with Gasteiger partial charge >= 0.3 is 0 Å². The van der Waals surface area contributed by atoms with E-state index in [9.17, 15) is 4.79 Å². The molecule has 1 atom stereocenters. The van der Waals surface area contributed by atoms with Crippen molar-refractivity contribution in [3.8, 4) is 5.75 Å². The Hall–Kier alpha value is -3.75. The molecule has 0 saturated carbocycles. The van der Waals surface area contributed by atoms with Gasteiger partial charge in [0.15, 0.2) is 0 Å². The Morgan fingerprint density at radius 3 is 2.92 bits per heavy atom. The van der Waals surface area contributed by atoms with Crippen LogP contribution in [-0.4, -0.2) is 59.4 Å². The van der Waals surface area contributed by atoms with E-state index in [1.807, 2.05) is 30.3 Å². The summed E-state index contributed by atoms with van der Waals surface area (Å²) in [6.45, 7) is 3.12. The summed E-state index contributed by atoms with van der Waals surface area (Å²) in [6, 6.07) is 11.9. The number of nitrogens with one attached hydrogen (secondary N) is 2. The monoisotopic (exact) mass is 497 g/mol. The summed E-state index contributed by atoms with van der Waals surface area (Å²) in [5.74, 6) is 1.33. The van der Waals surface area contributed by atoms with Gasteiger partial charge in [0.05, 0.1) is 18.5 Å². The summed E-state index contributed by atoms with van der Waals surface area (Å²) < 4.78 is 12.5. The van der Waals surface area contributed by atoms with Gasteiger partial charge in [0.2, 0.25) is 0 Å². The van der Waals surface area contributed by atoms with Crippen LogP contribution in [0.5, 0.6) is 5.75 Å². The first-order chi connectivity index (χ1) is 18.2. The van der Waals surface area contributed by atoms with Gasteiger partial charge in [-0.3, -0.25) is 9.20 Å². The molecule has 190 valence electrons. The maximum absolute atomic E-state index is 13.4. The van der Waals surface area contributed by atoms with E-state index < -0.39 is 0 Å². The fraction of sp³-hybridized carbons (Fsp3) is 0.345. The van der Waals surface area contributed by atoms with Crippen molar-refractivity contribution in [2.75, 3.05) is 33.4 Å². The van der Waals surface area contributed by atoms with Crippen molar-refractivity contribution >= 4 is 28.2 Å². The molecule has 1 aromatic carbocycles. The number of H-pyrrole nitrogens is 1. The Kier molecular flexibility index (Phi) is 6.59. The van der Waals surface area contributed by atoms with E-state index in [-0.39, 0.29) is 11.8 Å². The van der Waals surface area contributed by atoms with Gasteiger partial charge in [0, 0.05) is 47.5 Å². The number of imidazole rings is 1. The van der Waals surface area contributed by atoms with Crippen molar-refractivity contribution in [1.82, 2.24) is 19.7 Å². The van der Waals surface area contributed by atoms with E-state index in [0.29, 0.717) is 41.9 Å². The highest BCUT2D eigenvalue weighted by Crippen LogP contribution is 2.37. The van der Waals surface area contributed by atoms with Crippen molar-refractivity contribution in [2.24, 2.45) is 10.9 Å². The third-order valence-corrected chi connectivity index (χ3v) is 7.38. The molecule has 8 heteroatoms. The van der Waals surface area contributed by atoms with Crippen LogP contribution in [0.25, 0.3) is 16.6 Å². The van der Waals surface area contributed by atoms with Crippen LogP contribution < -0.4 is 10.1 Å². The average Bonchev–Trinajstić information content (AvgIpc) is 3.53. The van der Waals surface area contributed by atoms with Gasteiger partial charge in [0.1, 0.15) is 23.7 Å². The molecule has 1 saturated heterocycles. The first-order valence-corrected chi connectivity index (χ1v) is 12.9. The fourth-order valence-electron chi connectivity index (χ4n) is 5.49. The summed E-state index contributed by atoms with van der Waals surface area (Å²) >= 11 is 0. The molecule has 4 aromatic rings. The smallest absolute Gasteiger partial charge is 0.296 e. The second-order valence-corrected chi connectivity index (χ2v) is 9.73. The van der Waals surface area contributed by atoms with Crippen molar-refractivity contribution < 1.29 is 14.3 Å². The molecule has 0 spiro atoms. The van der Waals surface area contributed by atoms with Gasteiger partial charge in [0.25, 0.3) is 5.91 Å². The number of piperidine rings is 1. The molecule has 37 heavy (non-hydrogen) atoms. The lowest BCUT2D eigenvalue weighted by Crippen LogP contribution is -2.28. The molecule has 1 unspecified atom stereocenters. The lowest BCUT2D eigenvalue weighted by atomic mass is 9.82. The van der Waals surface area contributed by atoms with Gasteiger partial charge < -0.3 is 19.8 Å². The third-order valence-electron chi connectivity index (χ3n) is 7.38. The quantitative estimate of drug-likeness (QED) is 0.367. The van der Waals surface area contributed by atoms with Gasteiger partial charge in [-0.2, -0.15) is 0 Å². The maximum atomic E-state index is 13.4. The first kappa shape index (κ1) is 23.6. The Bertz CT molecular complexity index is 1490. The molecule has 1 aliphatic heterocycles. The third kappa shape index (κ3) is 4.70. The fourth-order valence-corrected chi connectivity index (χ4v) is 5.49. The zero-order chi connectivity index (χ0) is 25.2. The molecule has 3 aromatic heterocycles. The molecule has 1 fully saturated rings. The Morgan fingerprint density at radius 1 is 1.19 bits per heavy atom. The number of hydrogen-bond acceptors (Lipinski definition) is 5. The van der Waals surface area contributed by atoms with Crippen molar-refractivity contribution in [3.05, 3.63) is 77.9 Å². The van der Waals surface area contributed by atoms with E-state index >= 15 is 0 Å². The number of amides is 1. The van der Waals surface area contributed by atoms with Crippen molar-refractivity contribution in [3.63, 3.8) is 0 Å². The van der Waals surface area contributed by atoms with E-state index in [0.717, 1.165) is 41.7 Å². The van der Waals surface area contributed by atoms with Crippen LogP contribution in [0.1, 0.15) is 46.9 Å². The predicted molar refractivity (Wildman–Crippen MR) is 144 cm³/mol. The highest BCUT2D eigenvalue weighted by atomic mass is 16.5. The number of nitrogens with zero attached hydrogens (tertiary/aromatic N) is 3. The molecule has 0 radical (unpaired) electrons. The normalized spacial score (nSPS) is 19.1. The van der Waals surface area contributed by atoms with Gasteiger partial charge in [-0.25, -0.2) is 9.98 Å². The molecule has 2 N–H and O–H groups in total. The molecule has 2 aliphatic rings. The lowest BCUT2D eigenvalue weighted by Gasteiger charge is -2.27. The highest BCUT2D eigenvalue weighted by molar-refractivity contribution is 6.22. The number of aliphatic imine (C=N–C) groups is 1. The number of aromatic nitrogens is 3. The average molecular weight is 498 g/mol. The van der Waals surface area contributed by atoms with Crippen LogP contribution in [0.3, 0.4) is 0 Å². The van der Waals surface area contributed by atoms with Crippen LogP contribution in [0.15, 0.2) is 65.9 Å². The van der Waals surface area contributed by atoms with Crippen LogP contribution in [0.4, 0.5) is 0 Å². The number of ether oxygens (including phenoxy) is 2. The summed E-state index contributed by atoms with van der Waals surface area (Å²) in [4.78, 5) is 26.1. The summed E-state index contributed by atoms with van der Waals surface area (Å²) in [7, 11) is 1.63. The zero-order valence-electron chi connectivity index (χ0n) is 20.9. The number of benzene rings is 1. The van der Waals surface area contributed by atoms with Crippen LogP contribution in [0.2, 0.25) is 0 Å². The number of pyridine rings is 1. The minimum Gasteiger partial charge on any atom is -0.491 e. The largest absolute Gasteiger partial charge is 0.491 e. The summed E-state index contributed by atoms with van der Waals surface area (Å²) in [5.41, 5.74) is 5.00. The Morgan fingerprint density at radius 2 is 2.05 bits per heavy atom. The molecule has 8 nitrogen and oxygen atoms in total. The number of rotatable bonds is 7. The van der Waals surface area contributed by atoms with Crippen LogP contribution in [-0.2, 0) is 4.74 Å². The second-order valence-electron chi connectivity index (χ2n) is 9.73. The van der Waals surface area contributed by atoms with E-state index in [1.165, 1.54) is 12.8 Å². The van der Waals surface area contributed by atoms with Crippen molar-refractivity contribution in [2.45, 2.75) is 25.2 Å². The molecular formula is C29H31N5O3. The van der Waals surface area contributed by atoms with Crippen molar-refractivity contribution in [1.29, 1.82) is 0 Å². The SMILES string of the molecule is COCCOc1ccn2c(C(=O)N=C3C=CC(CC4CCNCC4)c4[nH]c5ccccc5c43)cnc2c1. The van der Waals surface area contributed by atoms with E-state index in [2.05, 4.69) is 38.5 Å². The van der Waals surface area contributed by atoms with E-state index in [4.69, 9.17) is 9.47 Å². The molecule has 1 amide bonds. The molecule has 1 aliphatic carbocycles. The first-order valence-electron chi connectivity index (χ1n) is 12.9. The van der Waals surface area contributed by atoms with Crippen LogP contribution >= 0.6 is 0 Å². The highest BCUT2D eigenvalue weighted by Gasteiger charge is 2.28. The maximum Gasteiger partial charge on any atom is 0.296 e. The topological polar surface area (TPSA) is 93.0 Å². The second kappa shape index (κ2) is 10.3. The molecule has 0 bridgehead atoms. The Labute approximate surface area is 215 Å². The van der Waals surface area contributed by atoms with Gasteiger partial charge in [-0.15, -0.1) is 0 Å². The van der Waals surface area contributed by atoms with Gasteiger partial charge in [-0.1, -0.05) is 24.3 Å². The number of aromatic amines is 1. The number of methoxy groups -OCH3 is 1. The van der Waals surface area contributed by atoms with Crippen LogP contribution in [0, 0.1) is 5.92 Å². The molecule has 6 rings (SSSR count). The standard InChI is InChI=1S/C29H31N5O3/c1-36-14-15-37-21-10-13-34-25(18-31-26(34)17-21)29(35)33-24-7-6-20(16-19-8-11-30-12-9-19)28-27(24)22-4-2-3-5-23(22)32-28/h2-7,10,13,17-20,30,32H,8-9,11-12,14-16H2,1H3. The zero-order valence-corrected chi connectivity index (χ0v) is 20.9. The number of fused-ring (bicyclic) bond motifs is 4. The predicted octanol–water partition coefficient (Wildman–Crippen LogP) is 4.51. The number of carbonyl (C=O) groups excluding carboxylic acids is 1. The molecule has 4 heterocycles. The van der Waals surface area contributed by atoms with Gasteiger partial charge in [-0.05, 0) is 56.5 Å². The Balaban J connectivity index is 1.32. The molecular weight excluding hydrogens is 466 g/mol. The number of carbonyl (C=O) groups is 1. The number of hydrogen-bond donors (Lipinski definition) is 2.